The van der Waals surface area contributed by atoms with Crippen LogP contribution in [0.3, 0.4) is 0 Å². The van der Waals surface area contributed by atoms with Gasteiger partial charge < -0.3 is 15.7 Å². The van der Waals surface area contributed by atoms with Gasteiger partial charge in [-0.05, 0) is 30.2 Å². The van der Waals surface area contributed by atoms with Gasteiger partial charge in [-0.3, -0.25) is 4.98 Å². The van der Waals surface area contributed by atoms with Gasteiger partial charge in [0.2, 0.25) is 0 Å². The lowest BCUT2D eigenvalue weighted by Crippen LogP contribution is -2.28. The van der Waals surface area contributed by atoms with Gasteiger partial charge in [-0.25, -0.2) is 4.79 Å². The molecular weight excluding hydrogens is 254 g/mol. The lowest BCUT2D eigenvalue weighted by Gasteiger charge is -2.09. The number of nitrogens with zero attached hydrogens (tertiary/aromatic N) is 1. The lowest BCUT2D eigenvalue weighted by molar-refractivity contribution is 0.199. The number of carbonyl (C=O) groups excluding carboxylic acids is 1. The predicted octanol–water partition coefficient (Wildman–Crippen LogP) is 2.46. The van der Waals surface area contributed by atoms with Crippen molar-refractivity contribution in [3.63, 3.8) is 0 Å². The number of nitrogens with one attached hydrogen (secondary N) is 2. The quantitative estimate of drug-likeness (QED) is 0.799. The van der Waals surface area contributed by atoms with E-state index in [0.717, 1.165) is 11.1 Å². The summed E-state index contributed by atoms with van der Waals surface area (Å²) in [5.41, 5.74) is 2.47. The Morgan fingerprint density at radius 1 is 1.30 bits per heavy atom. The van der Waals surface area contributed by atoms with E-state index in [1.54, 1.807) is 31.5 Å². The van der Waals surface area contributed by atoms with Crippen LogP contribution in [0.25, 0.3) is 0 Å². The SMILES string of the molecule is C[C@@H](O)c1ccc(CNC(=O)Nc2cccnc2)cc1. The van der Waals surface area contributed by atoms with Crippen molar-refractivity contribution in [3.05, 3.63) is 59.9 Å². The number of pyridine rings is 1. The largest absolute Gasteiger partial charge is 0.389 e. The van der Waals surface area contributed by atoms with E-state index >= 15 is 0 Å². The molecule has 0 fully saturated rings. The van der Waals surface area contributed by atoms with Crippen molar-refractivity contribution in [2.45, 2.75) is 19.6 Å². The van der Waals surface area contributed by atoms with Crippen molar-refractivity contribution in [1.82, 2.24) is 10.3 Å². The van der Waals surface area contributed by atoms with E-state index in [1.165, 1.54) is 0 Å². The van der Waals surface area contributed by atoms with Crippen molar-refractivity contribution in [2.75, 3.05) is 5.32 Å². The fraction of sp³-hybridized carbons (Fsp3) is 0.200. The number of anilines is 1. The molecule has 0 aliphatic rings. The normalized spacial score (nSPS) is 11.7. The van der Waals surface area contributed by atoms with Gasteiger partial charge in [-0.1, -0.05) is 24.3 Å². The molecule has 104 valence electrons. The Kier molecular flexibility index (Phi) is 4.68. The van der Waals surface area contributed by atoms with E-state index in [9.17, 15) is 9.90 Å². The van der Waals surface area contributed by atoms with Gasteiger partial charge in [0.05, 0.1) is 18.0 Å². The number of urea groups is 1. The first kappa shape index (κ1) is 14.0. The van der Waals surface area contributed by atoms with Crippen LogP contribution in [-0.4, -0.2) is 16.1 Å². The number of aliphatic hydroxyl groups excluding tert-OH is 1. The summed E-state index contributed by atoms with van der Waals surface area (Å²) in [7, 11) is 0. The highest BCUT2D eigenvalue weighted by Crippen LogP contribution is 2.12. The van der Waals surface area contributed by atoms with Gasteiger partial charge in [0.15, 0.2) is 0 Å². The summed E-state index contributed by atoms with van der Waals surface area (Å²) in [4.78, 5) is 15.6. The molecule has 0 spiro atoms. The Morgan fingerprint density at radius 2 is 2.05 bits per heavy atom. The summed E-state index contributed by atoms with van der Waals surface area (Å²) in [5, 5.41) is 14.9. The van der Waals surface area contributed by atoms with Crippen LogP contribution in [0, 0.1) is 0 Å². The monoisotopic (exact) mass is 271 g/mol. The third-order valence-electron chi connectivity index (χ3n) is 2.83. The van der Waals surface area contributed by atoms with E-state index in [-0.39, 0.29) is 6.03 Å². The molecule has 20 heavy (non-hydrogen) atoms. The summed E-state index contributed by atoms with van der Waals surface area (Å²) in [6, 6.07) is 10.7. The number of hydrogen-bond acceptors (Lipinski definition) is 3. The lowest BCUT2D eigenvalue weighted by atomic mass is 10.1. The molecule has 0 saturated carbocycles. The van der Waals surface area contributed by atoms with Crippen LogP contribution in [-0.2, 0) is 6.54 Å². The van der Waals surface area contributed by atoms with Crippen molar-refractivity contribution in [2.24, 2.45) is 0 Å². The molecule has 0 unspecified atom stereocenters. The number of amides is 2. The number of rotatable bonds is 4. The third-order valence-corrected chi connectivity index (χ3v) is 2.83. The maximum Gasteiger partial charge on any atom is 0.319 e. The smallest absolute Gasteiger partial charge is 0.319 e. The first-order valence-electron chi connectivity index (χ1n) is 6.37. The maximum absolute atomic E-state index is 11.7. The summed E-state index contributed by atoms with van der Waals surface area (Å²) >= 11 is 0. The molecule has 2 amide bonds. The molecule has 0 saturated heterocycles. The molecule has 0 bridgehead atoms. The average Bonchev–Trinajstić information content (AvgIpc) is 2.46. The van der Waals surface area contributed by atoms with Gasteiger partial charge in [0.1, 0.15) is 0 Å². The average molecular weight is 271 g/mol. The van der Waals surface area contributed by atoms with E-state index < -0.39 is 6.10 Å². The second-order valence-corrected chi connectivity index (χ2v) is 4.47. The topological polar surface area (TPSA) is 74.2 Å². The zero-order valence-electron chi connectivity index (χ0n) is 11.2. The standard InChI is InChI=1S/C15H17N3O2/c1-11(19)13-6-4-12(5-7-13)9-17-15(20)18-14-3-2-8-16-10-14/h2-8,10-11,19H,9H2,1H3,(H2,17,18,20)/t11-/m1/s1. The molecule has 2 aromatic rings. The molecule has 2 rings (SSSR count). The highest BCUT2D eigenvalue weighted by atomic mass is 16.3. The van der Waals surface area contributed by atoms with Crippen LogP contribution < -0.4 is 10.6 Å². The molecule has 1 atom stereocenters. The second-order valence-electron chi connectivity index (χ2n) is 4.47. The first-order chi connectivity index (χ1) is 9.65. The zero-order valence-corrected chi connectivity index (χ0v) is 11.2. The predicted molar refractivity (Wildman–Crippen MR) is 77.2 cm³/mol. The summed E-state index contributed by atoms with van der Waals surface area (Å²) in [6.45, 7) is 2.14. The van der Waals surface area contributed by atoms with Crippen molar-refractivity contribution in [3.8, 4) is 0 Å². The third kappa shape index (κ3) is 4.07. The highest BCUT2D eigenvalue weighted by Gasteiger charge is 2.03. The van der Waals surface area contributed by atoms with Crippen LogP contribution in [0.5, 0.6) is 0 Å². The van der Waals surface area contributed by atoms with E-state index in [0.29, 0.717) is 12.2 Å². The van der Waals surface area contributed by atoms with Crippen molar-refractivity contribution >= 4 is 11.7 Å². The molecule has 5 nitrogen and oxygen atoms in total. The molecule has 0 aliphatic carbocycles. The summed E-state index contributed by atoms with van der Waals surface area (Å²) < 4.78 is 0. The van der Waals surface area contributed by atoms with Gasteiger partial charge in [-0.15, -0.1) is 0 Å². The molecule has 1 aromatic heterocycles. The Bertz CT molecular complexity index is 553. The minimum absolute atomic E-state index is 0.280. The van der Waals surface area contributed by atoms with Crippen LogP contribution in [0.15, 0.2) is 48.8 Å². The Balaban J connectivity index is 1.84. The zero-order chi connectivity index (χ0) is 14.4. The maximum atomic E-state index is 11.7. The second kappa shape index (κ2) is 6.68. The summed E-state index contributed by atoms with van der Waals surface area (Å²) in [5.74, 6) is 0. The van der Waals surface area contributed by atoms with Crippen LogP contribution in [0.1, 0.15) is 24.2 Å². The molecule has 0 aliphatic heterocycles. The molecular formula is C15H17N3O2. The fourth-order valence-corrected chi connectivity index (χ4v) is 1.71. The van der Waals surface area contributed by atoms with Crippen molar-refractivity contribution in [1.29, 1.82) is 0 Å². The molecule has 1 aromatic carbocycles. The molecule has 5 heteroatoms. The fourth-order valence-electron chi connectivity index (χ4n) is 1.71. The number of aliphatic hydroxyl groups is 1. The van der Waals surface area contributed by atoms with E-state index in [4.69, 9.17) is 0 Å². The molecule has 1 heterocycles. The summed E-state index contributed by atoms with van der Waals surface area (Å²) in [6.07, 6.45) is 2.75. The number of hydrogen-bond donors (Lipinski definition) is 3. The highest BCUT2D eigenvalue weighted by molar-refractivity contribution is 5.88. The van der Waals surface area contributed by atoms with Gasteiger partial charge in [-0.2, -0.15) is 0 Å². The van der Waals surface area contributed by atoms with Crippen molar-refractivity contribution < 1.29 is 9.90 Å². The van der Waals surface area contributed by atoms with Gasteiger partial charge in [0, 0.05) is 12.7 Å². The molecule has 3 N–H and O–H groups in total. The van der Waals surface area contributed by atoms with Crippen LogP contribution >= 0.6 is 0 Å². The minimum atomic E-state index is -0.481. The number of aromatic nitrogens is 1. The Hall–Kier alpha value is -2.40. The Morgan fingerprint density at radius 3 is 2.65 bits per heavy atom. The number of carbonyl (C=O) groups is 1. The number of benzene rings is 1. The Labute approximate surface area is 117 Å². The first-order valence-corrected chi connectivity index (χ1v) is 6.37. The van der Waals surface area contributed by atoms with Crippen LogP contribution in [0.2, 0.25) is 0 Å². The minimum Gasteiger partial charge on any atom is -0.389 e. The molecule has 0 radical (unpaired) electrons. The van der Waals surface area contributed by atoms with Gasteiger partial charge in [0.25, 0.3) is 0 Å². The van der Waals surface area contributed by atoms with E-state index in [2.05, 4.69) is 15.6 Å². The van der Waals surface area contributed by atoms with E-state index in [1.807, 2.05) is 24.3 Å². The van der Waals surface area contributed by atoms with Gasteiger partial charge >= 0.3 is 6.03 Å². The van der Waals surface area contributed by atoms with Crippen LogP contribution in [0.4, 0.5) is 10.5 Å².